The van der Waals surface area contributed by atoms with Gasteiger partial charge < -0.3 is 15.4 Å². The minimum absolute atomic E-state index is 0. The molecule has 0 atom stereocenters. The van der Waals surface area contributed by atoms with Crippen molar-refractivity contribution in [2.45, 2.75) is 33.0 Å². The summed E-state index contributed by atoms with van der Waals surface area (Å²) < 4.78 is 18.6. The van der Waals surface area contributed by atoms with Crippen LogP contribution >= 0.6 is 24.0 Å². The van der Waals surface area contributed by atoms with Gasteiger partial charge in [0.15, 0.2) is 5.96 Å². The molecule has 0 aliphatic heterocycles. The molecule has 6 heteroatoms. The van der Waals surface area contributed by atoms with Gasteiger partial charge in [-0.3, -0.25) is 4.99 Å². The second kappa shape index (κ2) is 10.9. The quantitative estimate of drug-likeness (QED) is 0.390. The first-order valence-corrected chi connectivity index (χ1v) is 8.01. The predicted molar refractivity (Wildman–Crippen MR) is 111 cm³/mol. The molecule has 0 spiro atoms. The normalized spacial score (nSPS) is 11.0. The highest BCUT2D eigenvalue weighted by Crippen LogP contribution is 2.14. The third-order valence-corrected chi connectivity index (χ3v) is 3.33. The van der Waals surface area contributed by atoms with E-state index in [1.54, 1.807) is 19.2 Å². The Morgan fingerprint density at radius 2 is 1.68 bits per heavy atom. The standard InChI is InChI=1S/C19H24FN3O.HI/c1-14(2)24-18-6-4-5-16(11-18)13-23-19(21-3)22-12-15-7-9-17(20)10-8-15;/h4-11,14H,12-13H2,1-3H3,(H2,21,22,23);1H. The van der Waals surface area contributed by atoms with Crippen molar-refractivity contribution in [1.82, 2.24) is 10.6 Å². The molecule has 0 bridgehead atoms. The van der Waals surface area contributed by atoms with Crippen molar-refractivity contribution in [3.8, 4) is 5.75 Å². The lowest BCUT2D eigenvalue weighted by Crippen LogP contribution is -2.36. The van der Waals surface area contributed by atoms with Gasteiger partial charge in [-0.25, -0.2) is 4.39 Å². The molecule has 0 radical (unpaired) electrons. The van der Waals surface area contributed by atoms with Crippen molar-refractivity contribution in [1.29, 1.82) is 0 Å². The monoisotopic (exact) mass is 457 g/mol. The van der Waals surface area contributed by atoms with Gasteiger partial charge in [0.25, 0.3) is 0 Å². The van der Waals surface area contributed by atoms with E-state index in [1.807, 2.05) is 38.1 Å². The van der Waals surface area contributed by atoms with Crippen LogP contribution < -0.4 is 15.4 Å². The third-order valence-electron chi connectivity index (χ3n) is 3.33. The first-order chi connectivity index (χ1) is 11.6. The maximum atomic E-state index is 12.9. The molecule has 0 amide bonds. The van der Waals surface area contributed by atoms with Crippen molar-refractivity contribution in [3.63, 3.8) is 0 Å². The molecule has 0 heterocycles. The van der Waals surface area contributed by atoms with Gasteiger partial charge in [-0.2, -0.15) is 0 Å². The van der Waals surface area contributed by atoms with Crippen molar-refractivity contribution in [2.75, 3.05) is 7.05 Å². The van der Waals surface area contributed by atoms with Crippen molar-refractivity contribution < 1.29 is 9.13 Å². The topological polar surface area (TPSA) is 45.7 Å². The second-order valence-corrected chi connectivity index (χ2v) is 5.72. The molecule has 4 nitrogen and oxygen atoms in total. The van der Waals surface area contributed by atoms with Crippen LogP contribution in [0.15, 0.2) is 53.5 Å². The number of aliphatic imine (C=N–C) groups is 1. The van der Waals surface area contributed by atoms with Gasteiger partial charge in [0, 0.05) is 20.1 Å². The van der Waals surface area contributed by atoms with E-state index in [1.165, 1.54) is 12.1 Å². The van der Waals surface area contributed by atoms with Crippen LogP contribution in [0.1, 0.15) is 25.0 Å². The van der Waals surface area contributed by atoms with Gasteiger partial charge in [-0.1, -0.05) is 24.3 Å². The molecule has 0 aromatic heterocycles. The average Bonchev–Trinajstić information content (AvgIpc) is 2.56. The van der Waals surface area contributed by atoms with Crippen LogP contribution in [-0.2, 0) is 13.1 Å². The molecule has 0 unspecified atom stereocenters. The molecule has 25 heavy (non-hydrogen) atoms. The van der Waals surface area contributed by atoms with Crippen molar-refractivity contribution >= 4 is 29.9 Å². The minimum Gasteiger partial charge on any atom is -0.491 e. The molecule has 0 saturated carbocycles. The summed E-state index contributed by atoms with van der Waals surface area (Å²) in [6, 6.07) is 14.4. The van der Waals surface area contributed by atoms with Crippen molar-refractivity contribution in [2.24, 2.45) is 4.99 Å². The first-order valence-electron chi connectivity index (χ1n) is 8.01. The summed E-state index contributed by atoms with van der Waals surface area (Å²) >= 11 is 0. The lowest BCUT2D eigenvalue weighted by Gasteiger charge is -2.14. The number of rotatable bonds is 6. The number of ether oxygens (including phenoxy) is 1. The molecular weight excluding hydrogens is 432 g/mol. The van der Waals surface area contributed by atoms with Crippen LogP contribution in [0, 0.1) is 5.82 Å². The highest BCUT2D eigenvalue weighted by molar-refractivity contribution is 14.0. The molecule has 2 aromatic carbocycles. The summed E-state index contributed by atoms with van der Waals surface area (Å²) in [5, 5.41) is 6.46. The van der Waals surface area contributed by atoms with E-state index in [-0.39, 0.29) is 35.9 Å². The Morgan fingerprint density at radius 1 is 1.04 bits per heavy atom. The zero-order valence-corrected chi connectivity index (χ0v) is 17.1. The highest BCUT2D eigenvalue weighted by Gasteiger charge is 2.02. The summed E-state index contributed by atoms with van der Waals surface area (Å²) in [5.74, 6) is 1.32. The molecule has 2 aromatic rings. The lowest BCUT2D eigenvalue weighted by molar-refractivity contribution is 0.242. The summed E-state index contributed by atoms with van der Waals surface area (Å²) in [5.41, 5.74) is 2.10. The Hall–Kier alpha value is -1.83. The molecule has 0 saturated heterocycles. The van der Waals surface area contributed by atoms with E-state index in [9.17, 15) is 4.39 Å². The van der Waals surface area contributed by atoms with Crippen LogP contribution in [0.4, 0.5) is 4.39 Å². The average molecular weight is 457 g/mol. The fourth-order valence-corrected chi connectivity index (χ4v) is 2.20. The van der Waals surface area contributed by atoms with Gasteiger partial charge in [0.2, 0.25) is 0 Å². The fraction of sp³-hybridized carbons (Fsp3) is 0.316. The maximum Gasteiger partial charge on any atom is 0.191 e. The summed E-state index contributed by atoms with van der Waals surface area (Å²) in [6.45, 7) is 5.23. The zero-order chi connectivity index (χ0) is 17.4. The number of nitrogens with zero attached hydrogens (tertiary/aromatic N) is 1. The maximum absolute atomic E-state index is 12.9. The van der Waals surface area contributed by atoms with E-state index in [4.69, 9.17) is 4.74 Å². The molecule has 0 aliphatic carbocycles. The van der Waals surface area contributed by atoms with E-state index in [0.717, 1.165) is 16.9 Å². The van der Waals surface area contributed by atoms with Crippen molar-refractivity contribution in [3.05, 3.63) is 65.5 Å². The molecule has 136 valence electrons. The van der Waals surface area contributed by atoms with Gasteiger partial charge in [0.05, 0.1) is 6.10 Å². The molecule has 0 aliphatic rings. The summed E-state index contributed by atoms with van der Waals surface area (Å²) in [6.07, 6.45) is 0.151. The Morgan fingerprint density at radius 3 is 2.28 bits per heavy atom. The van der Waals surface area contributed by atoms with Gasteiger partial charge >= 0.3 is 0 Å². The predicted octanol–water partition coefficient (Wildman–Crippen LogP) is 4.10. The second-order valence-electron chi connectivity index (χ2n) is 5.72. The Balaban J connectivity index is 0.00000312. The third kappa shape index (κ3) is 7.72. The smallest absolute Gasteiger partial charge is 0.191 e. The van der Waals surface area contributed by atoms with Gasteiger partial charge in [-0.15, -0.1) is 24.0 Å². The SMILES string of the molecule is CN=C(NCc1ccc(F)cc1)NCc1cccc(OC(C)C)c1.I. The van der Waals surface area contributed by atoms with Crippen LogP contribution in [0.25, 0.3) is 0 Å². The molecule has 0 fully saturated rings. The molecule has 2 N–H and O–H groups in total. The van der Waals surface area contributed by atoms with E-state index in [0.29, 0.717) is 19.0 Å². The Kier molecular flexibility index (Phi) is 9.26. The Labute approximate surface area is 165 Å². The fourth-order valence-electron chi connectivity index (χ4n) is 2.20. The van der Waals surface area contributed by atoms with Crippen LogP contribution in [0.3, 0.4) is 0 Å². The summed E-state index contributed by atoms with van der Waals surface area (Å²) in [4.78, 5) is 4.20. The number of benzene rings is 2. The molecule has 2 rings (SSSR count). The van der Waals surface area contributed by atoms with Gasteiger partial charge in [-0.05, 0) is 49.2 Å². The number of nitrogens with one attached hydrogen (secondary N) is 2. The van der Waals surface area contributed by atoms with E-state index < -0.39 is 0 Å². The summed E-state index contributed by atoms with van der Waals surface area (Å²) in [7, 11) is 1.72. The van der Waals surface area contributed by atoms with Gasteiger partial charge in [0.1, 0.15) is 11.6 Å². The highest BCUT2D eigenvalue weighted by atomic mass is 127. The first kappa shape index (κ1) is 21.2. The molecular formula is C19H25FIN3O. The number of hydrogen-bond acceptors (Lipinski definition) is 2. The Bertz CT molecular complexity index is 675. The lowest BCUT2D eigenvalue weighted by atomic mass is 10.2. The minimum atomic E-state index is -0.232. The van der Waals surface area contributed by atoms with Crippen LogP contribution in [0.2, 0.25) is 0 Å². The van der Waals surface area contributed by atoms with Crippen LogP contribution in [-0.4, -0.2) is 19.1 Å². The zero-order valence-electron chi connectivity index (χ0n) is 14.8. The number of guanidine groups is 1. The number of hydrogen-bond donors (Lipinski definition) is 2. The largest absolute Gasteiger partial charge is 0.491 e. The van der Waals surface area contributed by atoms with Crippen LogP contribution in [0.5, 0.6) is 5.75 Å². The number of halogens is 2. The van der Waals surface area contributed by atoms with E-state index in [2.05, 4.69) is 15.6 Å². The van der Waals surface area contributed by atoms with E-state index >= 15 is 0 Å².